The van der Waals surface area contributed by atoms with Crippen LogP contribution in [0.2, 0.25) is 10.0 Å². The van der Waals surface area contributed by atoms with Crippen LogP contribution in [-0.2, 0) is 9.59 Å². The molecule has 6 nitrogen and oxygen atoms in total. The van der Waals surface area contributed by atoms with E-state index < -0.39 is 17.9 Å². The molecule has 1 heterocycles. The van der Waals surface area contributed by atoms with E-state index in [1.54, 1.807) is 19.2 Å². The number of carboxylic acid groups (broad SMARTS) is 1. The van der Waals surface area contributed by atoms with Crippen LogP contribution in [0.4, 0.5) is 0 Å². The predicted octanol–water partition coefficient (Wildman–Crippen LogP) is 2.78. The molecule has 25 heavy (non-hydrogen) atoms. The normalized spacial score (nSPS) is 18.1. The van der Waals surface area contributed by atoms with Crippen molar-refractivity contribution in [2.75, 3.05) is 20.1 Å². The standard InChI is InChI=1S/C17H20Cl2N2O4/c1-10(17(24)25)9-20(2)16(23)14-4-3-7-21(14)15(22)12-8-11(18)5-6-13(12)19/h5-6,8,10,14H,3-4,7,9H2,1-2H3,(H,24,25). The Labute approximate surface area is 156 Å². The smallest absolute Gasteiger partial charge is 0.308 e. The van der Waals surface area contributed by atoms with Gasteiger partial charge in [-0.3, -0.25) is 14.4 Å². The van der Waals surface area contributed by atoms with Crippen molar-refractivity contribution in [2.45, 2.75) is 25.8 Å². The second-order valence-electron chi connectivity index (χ2n) is 6.24. The highest BCUT2D eigenvalue weighted by molar-refractivity contribution is 6.35. The van der Waals surface area contributed by atoms with E-state index in [2.05, 4.69) is 0 Å². The second kappa shape index (κ2) is 8.06. The van der Waals surface area contributed by atoms with Gasteiger partial charge in [0.1, 0.15) is 6.04 Å². The topological polar surface area (TPSA) is 77.9 Å². The summed E-state index contributed by atoms with van der Waals surface area (Å²) in [5.74, 6) is -2.26. The van der Waals surface area contributed by atoms with E-state index in [-0.39, 0.29) is 28.9 Å². The molecule has 0 saturated carbocycles. The molecule has 1 saturated heterocycles. The molecule has 0 radical (unpaired) electrons. The zero-order valence-electron chi connectivity index (χ0n) is 14.0. The largest absolute Gasteiger partial charge is 0.481 e. The summed E-state index contributed by atoms with van der Waals surface area (Å²) in [7, 11) is 1.55. The Hall–Kier alpha value is -1.79. The number of carbonyl (C=O) groups excluding carboxylic acids is 2. The van der Waals surface area contributed by atoms with Crippen LogP contribution in [0.5, 0.6) is 0 Å². The third kappa shape index (κ3) is 4.44. The molecule has 1 aromatic rings. The van der Waals surface area contributed by atoms with Crippen LogP contribution in [0.1, 0.15) is 30.1 Å². The summed E-state index contributed by atoms with van der Waals surface area (Å²) in [6.45, 7) is 2.07. The average Bonchev–Trinajstić information content (AvgIpc) is 3.04. The molecule has 1 aromatic carbocycles. The number of benzene rings is 1. The number of hydrogen-bond acceptors (Lipinski definition) is 3. The molecular weight excluding hydrogens is 367 g/mol. The van der Waals surface area contributed by atoms with Gasteiger partial charge in [0.05, 0.1) is 16.5 Å². The van der Waals surface area contributed by atoms with E-state index in [0.29, 0.717) is 24.4 Å². The summed E-state index contributed by atoms with van der Waals surface area (Å²) in [6, 6.07) is 4.01. The Kier molecular flexibility index (Phi) is 6.30. The molecule has 1 aliphatic rings. The highest BCUT2D eigenvalue weighted by Gasteiger charge is 2.37. The third-order valence-corrected chi connectivity index (χ3v) is 4.87. The quantitative estimate of drug-likeness (QED) is 0.843. The van der Waals surface area contributed by atoms with Crippen molar-refractivity contribution in [1.29, 1.82) is 0 Å². The lowest BCUT2D eigenvalue weighted by Crippen LogP contribution is -2.48. The summed E-state index contributed by atoms with van der Waals surface area (Å²) in [5, 5.41) is 9.66. The number of carboxylic acids is 1. The molecule has 2 amide bonds. The minimum Gasteiger partial charge on any atom is -0.481 e. The SMILES string of the molecule is CC(CN(C)C(=O)C1CCCN1C(=O)c1cc(Cl)ccc1Cl)C(=O)O. The van der Waals surface area contributed by atoms with Gasteiger partial charge in [0, 0.05) is 25.2 Å². The summed E-state index contributed by atoms with van der Waals surface area (Å²) in [4.78, 5) is 39.3. The number of halogens is 2. The Morgan fingerprint density at radius 2 is 2.04 bits per heavy atom. The molecule has 0 bridgehead atoms. The fourth-order valence-electron chi connectivity index (χ4n) is 2.92. The lowest BCUT2D eigenvalue weighted by molar-refractivity contribution is -0.143. The van der Waals surface area contributed by atoms with Gasteiger partial charge >= 0.3 is 5.97 Å². The first-order chi connectivity index (χ1) is 11.7. The summed E-state index contributed by atoms with van der Waals surface area (Å²) in [5.41, 5.74) is 0.260. The highest BCUT2D eigenvalue weighted by Crippen LogP contribution is 2.27. The van der Waals surface area contributed by atoms with Crippen LogP contribution in [0.15, 0.2) is 18.2 Å². The van der Waals surface area contributed by atoms with Gasteiger partial charge in [0.2, 0.25) is 5.91 Å². The molecule has 136 valence electrons. The van der Waals surface area contributed by atoms with Gasteiger partial charge in [-0.25, -0.2) is 0 Å². The Balaban J connectivity index is 2.16. The lowest BCUT2D eigenvalue weighted by atomic mass is 10.1. The minimum atomic E-state index is -0.968. The van der Waals surface area contributed by atoms with E-state index in [9.17, 15) is 14.4 Å². The first-order valence-electron chi connectivity index (χ1n) is 7.96. The number of likely N-dealkylation sites (N-methyl/N-ethyl adjacent to an activating group) is 1. The molecule has 1 fully saturated rings. The second-order valence-corrected chi connectivity index (χ2v) is 7.08. The van der Waals surface area contributed by atoms with Gasteiger partial charge in [-0.05, 0) is 31.0 Å². The zero-order chi connectivity index (χ0) is 18.7. The Bertz CT molecular complexity index is 695. The molecule has 8 heteroatoms. The highest BCUT2D eigenvalue weighted by atomic mass is 35.5. The molecule has 2 rings (SSSR count). The van der Waals surface area contributed by atoms with Crippen molar-refractivity contribution >= 4 is 41.0 Å². The summed E-state index contributed by atoms with van der Waals surface area (Å²) >= 11 is 12.0. The molecule has 0 spiro atoms. The number of carbonyl (C=O) groups is 3. The van der Waals surface area contributed by atoms with Gasteiger partial charge in [-0.2, -0.15) is 0 Å². The molecule has 2 atom stereocenters. The van der Waals surface area contributed by atoms with Gasteiger partial charge in [0.15, 0.2) is 0 Å². The van der Waals surface area contributed by atoms with Crippen molar-refractivity contribution in [3.05, 3.63) is 33.8 Å². The number of likely N-dealkylation sites (tertiary alicyclic amines) is 1. The fraction of sp³-hybridized carbons (Fsp3) is 0.471. The van der Waals surface area contributed by atoms with Crippen molar-refractivity contribution in [2.24, 2.45) is 5.92 Å². The fourth-order valence-corrected chi connectivity index (χ4v) is 3.29. The van der Waals surface area contributed by atoms with Crippen LogP contribution in [0.25, 0.3) is 0 Å². The van der Waals surface area contributed by atoms with E-state index in [1.807, 2.05) is 0 Å². The number of aliphatic carboxylic acids is 1. The maximum atomic E-state index is 12.8. The average molecular weight is 387 g/mol. The number of rotatable bonds is 5. The van der Waals surface area contributed by atoms with Crippen molar-refractivity contribution < 1.29 is 19.5 Å². The van der Waals surface area contributed by atoms with Crippen LogP contribution in [0.3, 0.4) is 0 Å². The van der Waals surface area contributed by atoms with Crippen LogP contribution < -0.4 is 0 Å². The molecular formula is C17H20Cl2N2O4. The summed E-state index contributed by atoms with van der Waals surface area (Å²) in [6.07, 6.45) is 1.23. The first-order valence-corrected chi connectivity index (χ1v) is 8.71. The maximum absolute atomic E-state index is 12.8. The van der Waals surface area contributed by atoms with Crippen LogP contribution in [0, 0.1) is 5.92 Å². The minimum absolute atomic E-state index is 0.0879. The molecule has 2 unspecified atom stereocenters. The van der Waals surface area contributed by atoms with Gasteiger partial charge in [-0.15, -0.1) is 0 Å². The van der Waals surface area contributed by atoms with E-state index in [1.165, 1.54) is 22.8 Å². The van der Waals surface area contributed by atoms with Gasteiger partial charge < -0.3 is 14.9 Å². The molecule has 1 aliphatic heterocycles. The number of nitrogens with zero attached hydrogens (tertiary/aromatic N) is 2. The van der Waals surface area contributed by atoms with E-state index >= 15 is 0 Å². The van der Waals surface area contributed by atoms with Crippen molar-refractivity contribution in [1.82, 2.24) is 9.80 Å². The Morgan fingerprint density at radius 1 is 1.36 bits per heavy atom. The van der Waals surface area contributed by atoms with Gasteiger partial charge in [0.25, 0.3) is 5.91 Å². The monoisotopic (exact) mass is 386 g/mol. The third-order valence-electron chi connectivity index (χ3n) is 4.30. The molecule has 1 N–H and O–H groups in total. The van der Waals surface area contributed by atoms with Crippen molar-refractivity contribution in [3.63, 3.8) is 0 Å². The summed E-state index contributed by atoms with van der Waals surface area (Å²) < 4.78 is 0. The van der Waals surface area contributed by atoms with Crippen LogP contribution >= 0.6 is 23.2 Å². The van der Waals surface area contributed by atoms with E-state index in [0.717, 1.165) is 0 Å². The van der Waals surface area contributed by atoms with E-state index in [4.69, 9.17) is 28.3 Å². The molecule has 0 aliphatic carbocycles. The van der Waals surface area contributed by atoms with Crippen LogP contribution in [-0.4, -0.2) is 58.9 Å². The first kappa shape index (κ1) is 19.5. The van der Waals surface area contributed by atoms with Gasteiger partial charge in [-0.1, -0.05) is 30.1 Å². The number of amides is 2. The molecule has 0 aromatic heterocycles. The Morgan fingerprint density at radius 3 is 2.68 bits per heavy atom. The zero-order valence-corrected chi connectivity index (χ0v) is 15.5. The number of hydrogen-bond donors (Lipinski definition) is 1. The predicted molar refractivity (Wildman–Crippen MR) is 95.0 cm³/mol. The maximum Gasteiger partial charge on any atom is 0.308 e. The van der Waals surface area contributed by atoms with Crippen molar-refractivity contribution in [3.8, 4) is 0 Å². The lowest BCUT2D eigenvalue weighted by Gasteiger charge is -2.29.